The zero-order valence-corrected chi connectivity index (χ0v) is 8.73. The van der Waals surface area contributed by atoms with Gasteiger partial charge >= 0.3 is 0 Å². The summed E-state index contributed by atoms with van der Waals surface area (Å²) in [7, 11) is 1.64. The van der Waals surface area contributed by atoms with Crippen LogP contribution in [0.4, 0.5) is 5.69 Å². The monoisotopic (exact) mass is 210 g/mol. The topological polar surface area (TPSA) is 75.4 Å². The molecule has 0 amide bonds. The quantitative estimate of drug-likeness (QED) is 0.447. The van der Waals surface area contributed by atoms with Crippen LogP contribution in [-0.2, 0) is 5.72 Å². The second-order valence-electron chi connectivity index (χ2n) is 3.27. The fourth-order valence-electron chi connectivity index (χ4n) is 1.38. The van der Waals surface area contributed by atoms with Crippen molar-refractivity contribution in [2.75, 3.05) is 7.05 Å². The Balaban J connectivity index is 3.02. The molecule has 0 aliphatic carbocycles. The van der Waals surface area contributed by atoms with E-state index in [4.69, 9.17) is 0 Å². The molecule has 5 heteroatoms. The Hall–Kier alpha value is -1.46. The van der Waals surface area contributed by atoms with Crippen molar-refractivity contribution in [3.8, 4) is 0 Å². The average Bonchev–Trinajstić information content (AvgIpc) is 2.28. The van der Waals surface area contributed by atoms with Crippen molar-refractivity contribution < 1.29 is 10.0 Å². The van der Waals surface area contributed by atoms with Gasteiger partial charge in [-0.3, -0.25) is 15.4 Å². The Bertz CT molecular complexity index is 344. The first-order valence-corrected chi connectivity index (χ1v) is 4.69. The zero-order chi connectivity index (χ0) is 11.5. The smallest absolute Gasteiger partial charge is 0.269 e. The predicted molar refractivity (Wildman–Crippen MR) is 56.3 cm³/mol. The molecule has 0 heterocycles. The van der Waals surface area contributed by atoms with Gasteiger partial charge in [0.15, 0.2) is 0 Å². The maximum atomic E-state index is 10.4. The van der Waals surface area contributed by atoms with Crippen LogP contribution in [-0.4, -0.2) is 17.1 Å². The van der Waals surface area contributed by atoms with Gasteiger partial charge in [0.1, 0.15) is 5.72 Å². The van der Waals surface area contributed by atoms with Gasteiger partial charge in [-0.05, 0) is 31.2 Å². The van der Waals surface area contributed by atoms with E-state index in [2.05, 4.69) is 5.32 Å². The SMILES string of the molecule is CCC(O)(NC)c1ccc([N+](=O)[O-])cc1. The van der Waals surface area contributed by atoms with Crippen LogP contribution in [0, 0.1) is 10.1 Å². The van der Waals surface area contributed by atoms with Crippen LogP contribution in [0.2, 0.25) is 0 Å². The van der Waals surface area contributed by atoms with Crippen LogP contribution in [0.25, 0.3) is 0 Å². The lowest BCUT2D eigenvalue weighted by molar-refractivity contribution is -0.384. The Labute approximate surface area is 87.9 Å². The highest BCUT2D eigenvalue weighted by molar-refractivity contribution is 5.35. The highest BCUT2D eigenvalue weighted by atomic mass is 16.6. The van der Waals surface area contributed by atoms with Crippen LogP contribution in [0.15, 0.2) is 24.3 Å². The number of hydrogen-bond donors (Lipinski definition) is 2. The van der Waals surface area contributed by atoms with Crippen molar-refractivity contribution >= 4 is 5.69 Å². The molecule has 0 radical (unpaired) electrons. The van der Waals surface area contributed by atoms with Crippen LogP contribution >= 0.6 is 0 Å². The molecule has 0 aromatic heterocycles. The highest BCUT2D eigenvalue weighted by Crippen LogP contribution is 2.23. The number of nitrogens with one attached hydrogen (secondary N) is 1. The van der Waals surface area contributed by atoms with E-state index in [1.165, 1.54) is 12.1 Å². The van der Waals surface area contributed by atoms with E-state index in [0.717, 1.165) is 0 Å². The third kappa shape index (κ3) is 2.31. The van der Waals surface area contributed by atoms with Crippen molar-refractivity contribution in [3.63, 3.8) is 0 Å². The van der Waals surface area contributed by atoms with Crippen LogP contribution in [0.3, 0.4) is 0 Å². The Kier molecular flexibility index (Phi) is 3.39. The summed E-state index contributed by atoms with van der Waals surface area (Å²) in [5, 5.41) is 23.3. The van der Waals surface area contributed by atoms with E-state index in [1.54, 1.807) is 19.2 Å². The molecule has 0 aliphatic rings. The first kappa shape index (κ1) is 11.6. The minimum atomic E-state index is -1.12. The number of benzene rings is 1. The summed E-state index contributed by atoms with van der Waals surface area (Å²) < 4.78 is 0. The molecule has 0 aliphatic heterocycles. The molecule has 1 unspecified atom stereocenters. The van der Waals surface area contributed by atoms with E-state index >= 15 is 0 Å². The van der Waals surface area contributed by atoms with Gasteiger partial charge in [-0.1, -0.05) is 6.92 Å². The van der Waals surface area contributed by atoms with Crippen LogP contribution in [0.5, 0.6) is 0 Å². The molecule has 1 rings (SSSR count). The van der Waals surface area contributed by atoms with E-state index in [1.807, 2.05) is 6.92 Å². The van der Waals surface area contributed by atoms with Gasteiger partial charge in [0.2, 0.25) is 0 Å². The van der Waals surface area contributed by atoms with Gasteiger partial charge in [-0.15, -0.1) is 0 Å². The summed E-state index contributed by atoms with van der Waals surface area (Å²) in [6, 6.07) is 5.87. The highest BCUT2D eigenvalue weighted by Gasteiger charge is 2.24. The van der Waals surface area contributed by atoms with Crippen molar-refractivity contribution in [2.45, 2.75) is 19.1 Å². The number of nitro groups is 1. The minimum absolute atomic E-state index is 0.0216. The molecule has 0 saturated carbocycles. The largest absolute Gasteiger partial charge is 0.372 e. The van der Waals surface area contributed by atoms with Crippen molar-refractivity contribution in [3.05, 3.63) is 39.9 Å². The van der Waals surface area contributed by atoms with Gasteiger partial charge in [0.25, 0.3) is 5.69 Å². The second-order valence-corrected chi connectivity index (χ2v) is 3.27. The van der Waals surface area contributed by atoms with Crippen molar-refractivity contribution in [1.82, 2.24) is 5.32 Å². The molecule has 5 nitrogen and oxygen atoms in total. The number of nitrogens with zero attached hydrogens (tertiary/aromatic N) is 1. The maximum Gasteiger partial charge on any atom is 0.269 e. The van der Waals surface area contributed by atoms with E-state index in [-0.39, 0.29) is 5.69 Å². The van der Waals surface area contributed by atoms with E-state index in [9.17, 15) is 15.2 Å². The Morgan fingerprint density at radius 1 is 1.47 bits per heavy atom. The van der Waals surface area contributed by atoms with Crippen molar-refractivity contribution in [1.29, 1.82) is 0 Å². The van der Waals surface area contributed by atoms with Crippen LogP contribution < -0.4 is 5.32 Å². The maximum absolute atomic E-state index is 10.4. The molecule has 15 heavy (non-hydrogen) atoms. The minimum Gasteiger partial charge on any atom is -0.372 e. The molecule has 0 spiro atoms. The lowest BCUT2D eigenvalue weighted by Gasteiger charge is -2.26. The van der Waals surface area contributed by atoms with Gasteiger partial charge in [-0.25, -0.2) is 0 Å². The number of aliphatic hydroxyl groups is 1. The molecule has 1 aromatic carbocycles. The molecular weight excluding hydrogens is 196 g/mol. The second kappa shape index (κ2) is 4.37. The summed E-state index contributed by atoms with van der Waals surface area (Å²) in [4.78, 5) is 9.96. The van der Waals surface area contributed by atoms with E-state index < -0.39 is 10.6 Å². The predicted octanol–water partition coefficient (Wildman–Crippen LogP) is 1.37. The van der Waals surface area contributed by atoms with Crippen LogP contribution in [0.1, 0.15) is 18.9 Å². The first-order valence-electron chi connectivity index (χ1n) is 4.69. The van der Waals surface area contributed by atoms with Gasteiger partial charge in [0, 0.05) is 12.1 Å². The lowest BCUT2D eigenvalue weighted by atomic mass is 10.0. The summed E-state index contributed by atoms with van der Waals surface area (Å²) in [6.07, 6.45) is 0.487. The van der Waals surface area contributed by atoms with Crippen molar-refractivity contribution in [2.24, 2.45) is 0 Å². The zero-order valence-electron chi connectivity index (χ0n) is 8.73. The number of hydrogen-bond acceptors (Lipinski definition) is 4. The standard InChI is InChI=1S/C10H14N2O3/c1-3-10(13,11-2)8-4-6-9(7-5-8)12(14)15/h4-7,11,13H,3H2,1-2H3. The van der Waals surface area contributed by atoms with Gasteiger partial charge in [-0.2, -0.15) is 0 Å². The molecular formula is C10H14N2O3. The summed E-state index contributed by atoms with van der Waals surface area (Å²) in [5.41, 5.74) is -0.471. The average molecular weight is 210 g/mol. The summed E-state index contributed by atoms with van der Waals surface area (Å²) in [5.74, 6) is 0. The normalized spacial score (nSPS) is 14.6. The lowest BCUT2D eigenvalue weighted by Crippen LogP contribution is -2.38. The number of rotatable bonds is 4. The number of non-ortho nitro benzene ring substituents is 1. The molecule has 1 aromatic rings. The summed E-state index contributed by atoms with van der Waals surface area (Å²) in [6.45, 7) is 1.83. The fraction of sp³-hybridized carbons (Fsp3) is 0.400. The fourth-order valence-corrected chi connectivity index (χ4v) is 1.38. The Morgan fingerprint density at radius 2 is 2.00 bits per heavy atom. The molecule has 2 N–H and O–H groups in total. The molecule has 0 bridgehead atoms. The van der Waals surface area contributed by atoms with Gasteiger partial charge < -0.3 is 5.11 Å². The third-order valence-electron chi connectivity index (χ3n) is 2.48. The Morgan fingerprint density at radius 3 is 2.33 bits per heavy atom. The third-order valence-corrected chi connectivity index (χ3v) is 2.48. The molecule has 0 saturated heterocycles. The van der Waals surface area contributed by atoms with Gasteiger partial charge in [0.05, 0.1) is 4.92 Å². The molecule has 1 atom stereocenters. The summed E-state index contributed by atoms with van der Waals surface area (Å²) >= 11 is 0. The first-order chi connectivity index (χ1) is 7.03. The van der Waals surface area contributed by atoms with E-state index in [0.29, 0.717) is 12.0 Å². The molecule has 0 fully saturated rings. The molecule has 82 valence electrons. The number of nitro benzene ring substituents is 1.